The molecule has 1 rings (SSSR count). The minimum absolute atomic E-state index is 0.0237. The molecule has 6 nitrogen and oxygen atoms in total. The first-order chi connectivity index (χ1) is 8.13. The second-order valence-electron chi connectivity index (χ2n) is 3.86. The Morgan fingerprint density at radius 3 is 2.94 bits per heavy atom. The SMILES string of the molecule is COCCNCC(=O)NCc1cn(C)nc1C. The fraction of sp³-hybridized carbons (Fsp3) is 0.636. The highest BCUT2D eigenvalue weighted by molar-refractivity contribution is 5.77. The van der Waals surface area contributed by atoms with Crippen LogP contribution in [0.3, 0.4) is 0 Å². The number of nitrogens with one attached hydrogen (secondary N) is 2. The van der Waals surface area contributed by atoms with E-state index in [0.29, 0.717) is 26.2 Å². The van der Waals surface area contributed by atoms with Crippen LogP contribution in [0.4, 0.5) is 0 Å². The van der Waals surface area contributed by atoms with E-state index in [1.165, 1.54) is 0 Å². The Labute approximate surface area is 101 Å². The molecule has 0 spiro atoms. The van der Waals surface area contributed by atoms with Crippen LogP contribution in [-0.2, 0) is 23.1 Å². The smallest absolute Gasteiger partial charge is 0.234 e. The molecule has 2 N–H and O–H groups in total. The molecule has 0 aliphatic heterocycles. The van der Waals surface area contributed by atoms with E-state index in [2.05, 4.69) is 15.7 Å². The summed E-state index contributed by atoms with van der Waals surface area (Å²) in [6.45, 7) is 4.04. The van der Waals surface area contributed by atoms with Crippen LogP contribution in [0, 0.1) is 6.92 Å². The zero-order chi connectivity index (χ0) is 12.7. The number of carbonyl (C=O) groups excluding carboxylic acids is 1. The van der Waals surface area contributed by atoms with Gasteiger partial charge in [-0.1, -0.05) is 0 Å². The van der Waals surface area contributed by atoms with Gasteiger partial charge in [-0.25, -0.2) is 0 Å². The summed E-state index contributed by atoms with van der Waals surface area (Å²) in [4.78, 5) is 11.5. The van der Waals surface area contributed by atoms with Gasteiger partial charge in [0.2, 0.25) is 5.91 Å². The van der Waals surface area contributed by atoms with Gasteiger partial charge in [0.1, 0.15) is 0 Å². The number of amides is 1. The number of rotatable bonds is 7. The number of aryl methyl sites for hydroxylation is 2. The van der Waals surface area contributed by atoms with Gasteiger partial charge in [0.05, 0.1) is 18.8 Å². The molecular formula is C11H20N4O2. The molecule has 17 heavy (non-hydrogen) atoms. The van der Waals surface area contributed by atoms with E-state index in [1.807, 2.05) is 20.2 Å². The van der Waals surface area contributed by atoms with Gasteiger partial charge in [-0.05, 0) is 6.92 Å². The highest BCUT2D eigenvalue weighted by Gasteiger charge is 2.05. The number of hydrogen-bond donors (Lipinski definition) is 2. The Hall–Kier alpha value is -1.40. The topological polar surface area (TPSA) is 68.2 Å². The fourth-order valence-corrected chi connectivity index (χ4v) is 1.45. The van der Waals surface area contributed by atoms with Crippen LogP contribution < -0.4 is 10.6 Å². The molecule has 1 amide bonds. The number of carbonyl (C=O) groups is 1. The Kier molecular flexibility index (Phi) is 5.65. The Balaban J connectivity index is 2.21. The predicted octanol–water partition coefficient (Wildman–Crippen LogP) is -0.419. The molecule has 0 fully saturated rings. The number of aromatic nitrogens is 2. The number of nitrogens with zero attached hydrogens (tertiary/aromatic N) is 2. The molecule has 96 valence electrons. The van der Waals surface area contributed by atoms with E-state index in [9.17, 15) is 4.79 Å². The Morgan fingerprint density at radius 2 is 2.35 bits per heavy atom. The molecule has 0 radical (unpaired) electrons. The van der Waals surface area contributed by atoms with Crippen LogP contribution in [0.1, 0.15) is 11.3 Å². The molecule has 0 saturated heterocycles. The molecule has 0 aliphatic carbocycles. The van der Waals surface area contributed by atoms with Gasteiger partial charge in [-0.2, -0.15) is 5.10 Å². The van der Waals surface area contributed by atoms with Gasteiger partial charge in [0, 0.05) is 39.0 Å². The summed E-state index contributed by atoms with van der Waals surface area (Å²) in [7, 11) is 3.50. The average Bonchev–Trinajstić information content (AvgIpc) is 2.61. The van der Waals surface area contributed by atoms with Crippen LogP contribution in [-0.4, -0.2) is 42.5 Å². The lowest BCUT2D eigenvalue weighted by atomic mass is 10.2. The normalized spacial score (nSPS) is 10.5. The van der Waals surface area contributed by atoms with E-state index in [0.717, 1.165) is 11.3 Å². The third-order valence-corrected chi connectivity index (χ3v) is 2.36. The van der Waals surface area contributed by atoms with Gasteiger partial charge in [-0.15, -0.1) is 0 Å². The average molecular weight is 240 g/mol. The molecule has 1 aromatic rings. The largest absolute Gasteiger partial charge is 0.383 e. The van der Waals surface area contributed by atoms with Crippen LogP contribution in [0.15, 0.2) is 6.20 Å². The van der Waals surface area contributed by atoms with Crippen LogP contribution >= 0.6 is 0 Å². The molecule has 0 aliphatic rings. The second-order valence-corrected chi connectivity index (χ2v) is 3.86. The molecule has 0 unspecified atom stereocenters. The van der Waals surface area contributed by atoms with Crippen molar-refractivity contribution >= 4 is 5.91 Å². The molecule has 0 bridgehead atoms. The van der Waals surface area contributed by atoms with Crippen LogP contribution in [0.2, 0.25) is 0 Å². The highest BCUT2D eigenvalue weighted by Crippen LogP contribution is 2.03. The van der Waals surface area contributed by atoms with Crippen LogP contribution in [0.25, 0.3) is 0 Å². The number of hydrogen-bond acceptors (Lipinski definition) is 4. The molecule has 0 aromatic carbocycles. The first-order valence-electron chi connectivity index (χ1n) is 5.59. The minimum atomic E-state index is -0.0237. The van der Waals surface area contributed by atoms with Gasteiger partial charge in [0.15, 0.2) is 0 Å². The number of methoxy groups -OCH3 is 1. The Bertz CT molecular complexity index is 362. The van der Waals surface area contributed by atoms with Gasteiger partial charge in [0.25, 0.3) is 0 Å². The quantitative estimate of drug-likeness (QED) is 0.635. The van der Waals surface area contributed by atoms with E-state index < -0.39 is 0 Å². The minimum Gasteiger partial charge on any atom is -0.383 e. The Morgan fingerprint density at radius 1 is 1.59 bits per heavy atom. The molecule has 1 heterocycles. The summed E-state index contributed by atoms with van der Waals surface area (Å²) in [6.07, 6.45) is 1.91. The van der Waals surface area contributed by atoms with Crippen LogP contribution in [0.5, 0.6) is 0 Å². The van der Waals surface area contributed by atoms with Gasteiger partial charge < -0.3 is 15.4 Å². The lowest BCUT2D eigenvalue weighted by molar-refractivity contribution is -0.120. The maximum atomic E-state index is 11.5. The summed E-state index contributed by atoms with van der Waals surface area (Å²) in [6, 6.07) is 0. The monoisotopic (exact) mass is 240 g/mol. The first kappa shape index (κ1) is 13.7. The molecular weight excluding hydrogens is 220 g/mol. The lowest BCUT2D eigenvalue weighted by Gasteiger charge is -2.05. The molecule has 1 aromatic heterocycles. The van der Waals surface area contributed by atoms with E-state index in [-0.39, 0.29) is 5.91 Å². The van der Waals surface area contributed by atoms with Crippen molar-refractivity contribution in [3.63, 3.8) is 0 Å². The predicted molar refractivity (Wildman–Crippen MR) is 64.5 cm³/mol. The van der Waals surface area contributed by atoms with Crippen molar-refractivity contribution in [2.45, 2.75) is 13.5 Å². The summed E-state index contributed by atoms with van der Waals surface area (Å²) >= 11 is 0. The maximum Gasteiger partial charge on any atom is 0.234 e. The first-order valence-corrected chi connectivity index (χ1v) is 5.59. The zero-order valence-corrected chi connectivity index (χ0v) is 10.6. The summed E-state index contributed by atoms with van der Waals surface area (Å²) in [5.41, 5.74) is 1.98. The third-order valence-electron chi connectivity index (χ3n) is 2.36. The lowest BCUT2D eigenvalue weighted by Crippen LogP contribution is -2.34. The van der Waals surface area contributed by atoms with Crippen molar-refractivity contribution in [2.24, 2.45) is 7.05 Å². The fourth-order valence-electron chi connectivity index (χ4n) is 1.45. The molecule has 0 atom stereocenters. The van der Waals surface area contributed by atoms with E-state index in [1.54, 1.807) is 11.8 Å². The molecule has 0 saturated carbocycles. The second kappa shape index (κ2) is 7.03. The highest BCUT2D eigenvalue weighted by atomic mass is 16.5. The third kappa shape index (κ3) is 4.97. The van der Waals surface area contributed by atoms with Crippen molar-refractivity contribution in [3.8, 4) is 0 Å². The van der Waals surface area contributed by atoms with Crippen molar-refractivity contribution in [1.82, 2.24) is 20.4 Å². The summed E-state index contributed by atoms with van der Waals surface area (Å²) in [5, 5.41) is 10.0. The van der Waals surface area contributed by atoms with Gasteiger partial charge >= 0.3 is 0 Å². The maximum absolute atomic E-state index is 11.5. The van der Waals surface area contributed by atoms with Crippen molar-refractivity contribution in [3.05, 3.63) is 17.5 Å². The van der Waals surface area contributed by atoms with E-state index >= 15 is 0 Å². The van der Waals surface area contributed by atoms with Crippen molar-refractivity contribution in [1.29, 1.82) is 0 Å². The van der Waals surface area contributed by atoms with Crippen molar-refractivity contribution in [2.75, 3.05) is 26.8 Å². The van der Waals surface area contributed by atoms with E-state index in [4.69, 9.17) is 4.74 Å². The summed E-state index contributed by atoms with van der Waals surface area (Å²) in [5.74, 6) is -0.0237. The standard InChI is InChI=1S/C11H20N4O2/c1-9-10(8-15(2)14-9)6-13-11(16)7-12-4-5-17-3/h8,12H,4-7H2,1-3H3,(H,13,16). The zero-order valence-electron chi connectivity index (χ0n) is 10.6. The van der Waals surface area contributed by atoms with Gasteiger partial charge in [-0.3, -0.25) is 9.48 Å². The number of ether oxygens (including phenoxy) is 1. The molecule has 6 heteroatoms. The van der Waals surface area contributed by atoms with Crippen molar-refractivity contribution < 1.29 is 9.53 Å². The summed E-state index contributed by atoms with van der Waals surface area (Å²) < 4.78 is 6.61.